The maximum absolute atomic E-state index is 13.5. The summed E-state index contributed by atoms with van der Waals surface area (Å²) >= 11 is 6.34. The highest BCUT2D eigenvalue weighted by Gasteiger charge is 2.15. The van der Waals surface area contributed by atoms with Gasteiger partial charge >= 0.3 is 5.97 Å². The van der Waals surface area contributed by atoms with E-state index in [1.165, 1.54) is 18.2 Å². The van der Waals surface area contributed by atoms with E-state index in [1.54, 1.807) is 0 Å². The van der Waals surface area contributed by atoms with Crippen LogP contribution in [0.4, 0.5) is 8.78 Å². The monoisotopic (exact) mass is 420 g/mol. The van der Waals surface area contributed by atoms with E-state index in [4.69, 9.17) is 9.84 Å². The number of carbonyl (C=O) groups is 1. The number of carboxylic acid groups (broad SMARTS) is 1. The van der Waals surface area contributed by atoms with Crippen molar-refractivity contribution in [3.05, 3.63) is 62.0 Å². The SMILES string of the molecule is O=C(O)c1cc(Br)c(OCc2c(F)cccc2F)c(Br)c1. The molecule has 0 aliphatic rings. The van der Waals surface area contributed by atoms with Crippen LogP contribution in [0.2, 0.25) is 0 Å². The van der Waals surface area contributed by atoms with E-state index >= 15 is 0 Å². The molecule has 0 saturated carbocycles. The van der Waals surface area contributed by atoms with E-state index in [-0.39, 0.29) is 23.5 Å². The van der Waals surface area contributed by atoms with Crippen LogP contribution in [0.25, 0.3) is 0 Å². The summed E-state index contributed by atoms with van der Waals surface area (Å²) in [6.45, 7) is -0.317. The molecule has 0 aliphatic heterocycles. The first-order valence-electron chi connectivity index (χ1n) is 5.68. The lowest BCUT2D eigenvalue weighted by Gasteiger charge is -2.12. The molecule has 0 spiro atoms. The predicted molar refractivity (Wildman–Crippen MR) is 79.5 cm³/mol. The van der Waals surface area contributed by atoms with Gasteiger partial charge in [0, 0.05) is 0 Å². The normalized spacial score (nSPS) is 10.5. The lowest BCUT2D eigenvalue weighted by molar-refractivity contribution is 0.0696. The highest BCUT2D eigenvalue weighted by molar-refractivity contribution is 9.11. The number of rotatable bonds is 4. The van der Waals surface area contributed by atoms with Crippen molar-refractivity contribution in [2.24, 2.45) is 0 Å². The molecule has 0 aliphatic carbocycles. The van der Waals surface area contributed by atoms with Crippen LogP contribution in [0.15, 0.2) is 39.3 Å². The number of ether oxygens (including phenoxy) is 1. The summed E-state index contributed by atoms with van der Waals surface area (Å²) in [6, 6.07) is 6.24. The molecule has 2 rings (SSSR count). The fourth-order valence-corrected chi connectivity index (χ4v) is 3.05. The van der Waals surface area contributed by atoms with Crippen LogP contribution in [0.5, 0.6) is 5.75 Å². The summed E-state index contributed by atoms with van der Waals surface area (Å²) in [5, 5.41) is 8.92. The minimum Gasteiger partial charge on any atom is -0.486 e. The lowest BCUT2D eigenvalue weighted by Crippen LogP contribution is -2.04. The quantitative estimate of drug-likeness (QED) is 0.773. The molecule has 110 valence electrons. The summed E-state index contributed by atoms with van der Waals surface area (Å²) < 4.78 is 33.1. The van der Waals surface area contributed by atoms with Crippen LogP contribution >= 0.6 is 31.9 Å². The third-order valence-corrected chi connectivity index (χ3v) is 3.85. The Bertz CT molecular complexity index is 661. The van der Waals surface area contributed by atoms with E-state index in [1.807, 2.05) is 0 Å². The molecular formula is C14H8Br2F2O3. The Balaban J connectivity index is 2.27. The standard InChI is InChI=1S/C14H8Br2F2O3/c15-9-4-7(14(19)20)5-10(16)13(9)21-6-8-11(17)2-1-3-12(8)18/h1-5H,6H2,(H,19,20). The van der Waals surface area contributed by atoms with Crippen LogP contribution in [0.3, 0.4) is 0 Å². The Labute approximate surface area is 135 Å². The number of carboxylic acids is 1. The average Bonchev–Trinajstić information content (AvgIpc) is 2.40. The number of benzene rings is 2. The average molecular weight is 422 g/mol. The molecule has 2 aromatic rings. The Morgan fingerprint density at radius 2 is 1.67 bits per heavy atom. The summed E-state index contributed by atoms with van der Waals surface area (Å²) in [4.78, 5) is 10.9. The van der Waals surface area contributed by atoms with Crippen LogP contribution in [-0.4, -0.2) is 11.1 Å². The molecule has 0 unspecified atom stereocenters. The van der Waals surface area contributed by atoms with Gasteiger partial charge < -0.3 is 9.84 Å². The fourth-order valence-electron chi connectivity index (χ4n) is 1.64. The summed E-state index contributed by atoms with van der Waals surface area (Å²) in [5.74, 6) is -2.24. The zero-order chi connectivity index (χ0) is 15.6. The van der Waals surface area contributed by atoms with Crippen molar-refractivity contribution >= 4 is 37.8 Å². The van der Waals surface area contributed by atoms with Crippen molar-refractivity contribution in [1.29, 1.82) is 0 Å². The fraction of sp³-hybridized carbons (Fsp3) is 0.0714. The highest BCUT2D eigenvalue weighted by Crippen LogP contribution is 2.35. The second kappa shape index (κ2) is 6.53. The lowest BCUT2D eigenvalue weighted by atomic mass is 10.2. The van der Waals surface area contributed by atoms with Crippen LogP contribution < -0.4 is 4.74 Å². The minimum absolute atomic E-state index is 0.0539. The third kappa shape index (κ3) is 3.59. The second-order valence-corrected chi connectivity index (χ2v) is 5.77. The van der Waals surface area contributed by atoms with Crippen LogP contribution in [-0.2, 0) is 6.61 Å². The van der Waals surface area contributed by atoms with E-state index in [9.17, 15) is 13.6 Å². The zero-order valence-corrected chi connectivity index (χ0v) is 13.5. The van der Waals surface area contributed by atoms with Gasteiger partial charge in [0.2, 0.25) is 0 Å². The number of aromatic carboxylic acids is 1. The smallest absolute Gasteiger partial charge is 0.335 e. The summed E-state index contributed by atoms with van der Waals surface area (Å²) in [7, 11) is 0. The Morgan fingerprint density at radius 3 is 2.14 bits per heavy atom. The summed E-state index contributed by atoms with van der Waals surface area (Å²) in [6.07, 6.45) is 0. The van der Waals surface area contributed by atoms with Crippen molar-refractivity contribution in [3.8, 4) is 5.75 Å². The molecular weight excluding hydrogens is 414 g/mol. The molecule has 0 radical (unpaired) electrons. The number of hydrogen-bond acceptors (Lipinski definition) is 2. The molecule has 0 saturated heterocycles. The van der Waals surface area contributed by atoms with Crippen molar-refractivity contribution in [1.82, 2.24) is 0 Å². The van der Waals surface area contributed by atoms with E-state index in [0.29, 0.717) is 8.95 Å². The first-order valence-corrected chi connectivity index (χ1v) is 7.26. The summed E-state index contributed by atoms with van der Waals surface area (Å²) in [5.41, 5.74) is -0.142. The molecule has 0 fully saturated rings. The van der Waals surface area contributed by atoms with Gasteiger partial charge in [0.25, 0.3) is 0 Å². The first kappa shape index (κ1) is 15.9. The molecule has 3 nitrogen and oxygen atoms in total. The van der Waals surface area contributed by atoms with Gasteiger partial charge in [-0.25, -0.2) is 13.6 Å². The first-order chi connectivity index (χ1) is 9.90. The minimum atomic E-state index is -1.09. The molecule has 1 N–H and O–H groups in total. The van der Waals surface area contributed by atoms with Gasteiger partial charge in [-0.2, -0.15) is 0 Å². The van der Waals surface area contributed by atoms with Gasteiger partial charge in [-0.1, -0.05) is 6.07 Å². The number of halogens is 4. The second-order valence-electron chi connectivity index (χ2n) is 4.06. The van der Waals surface area contributed by atoms with Gasteiger partial charge in [-0.05, 0) is 56.1 Å². The van der Waals surface area contributed by atoms with Gasteiger partial charge in [-0.15, -0.1) is 0 Å². The maximum atomic E-state index is 13.5. The van der Waals surface area contributed by atoms with Crippen LogP contribution in [0.1, 0.15) is 15.9 Å². The largest absolute Gasteiger partial charge is 0.486 e. The van der Waals surface area contributed by atoms with E-state index in [2.05, 4.69) is 31.9 Å². The topological polar surface area (TPSA) is 46.5 Å². The Hall–Kier alpha value is -1.47. The third-order valence-electron chi connectivity index (χ3n) is 2.67. The highest BCUT2D eigenvalue weighted by atomic mass is 79.9. The van der Waals surface area contributed by atoms with Crippen molar-refractivity contribution in [3.63, 3.8) is 0 Å². The molecule has 0 atom stereocenters. The Kier molecular flexibility index (Phi) is 4.95. The van der Waals surface area contributed by atoms with Gasteiger partial charge in [0.1, 0.15) is 24.0 Å². The van der Waals surface area contributed by atoms with Gasteiger partial charge in [0.15, 0.2) is 0 Å². The molecule has 0 heterocycles. The van der Waals surface area contributed by atoms with Gasteiger partial charge in [-0.3, -0.25) is 0 Å². The molecule has 2 aromatic carbocycles. The molecule has 0 aromatic heterocycles. The Morgan fingerprint density at radius 1 is 1.14 bits per heavy atom. The van der Waals surface area contributed by atoms with Crippen molar-refractivity contribution in [2.75, 3.05) is 0 Å². The molecule has 0 amide bonds. The predicted octanol–water partition coefficient (Wildman–Crippen LogP) is 4.77. The van der Waals surface area contributed by atoms with Crippen LogP contribution in [0, 0.1) is 11.6 Å². The number of hydrogen-bond donors (Lipinski definition) is 1. The molecule has 0 bridgehead atoms. The maximum Gasteiger partial charge on any atom is 0.335 e. The molecule has 7 heteroatoms. The van der Waals surface area contributed by atoms with Gasteiger partial charge in [0.05, 0.1) is 20.1 Å². The van der Waals surface area contributed by atoms with E-state index < -0.39 is 17.6 Å². The van der Waals surface area contributed by atoms with Crippen molar-refractivity contribution in [2.45, 2.75) is 6.61 Å². The van der Waals surface area contributed by atoms with E-state index in [0.717, 1.165) is 12.1 Å². The molecule has 21 heavy (non-hydrogen) atoms. The van der Waals surface area contributed by atoms with Crippen molar-refractivity contribution < 1.29 is 23.4 Å². The zero-order valence-electron chi connectivity index (χ0n) is 10.4.